The van der Waals surface area contributed by atoms with Gasteiger partial charge in [0.05, 0.1) is 6.33 Å². The molecule has 2 aromatic rings. The van der Waals surface area contributed by atoms with Crippen molar-refractivity contribution < 1.29 is 4.39 Å². The summed E-state index contributed by atoms with van der Waals surface area (Å²) >= 11 is 0. The van der Waals surface area contributed by atoms with Crippen LogP contribution in [0.1, 0.15) is 18.4 Å². The standard InChI is InChI=1S/C12H13FN2/c1-10(8-15-7-6-14-9-15)11-2-4-12(13)5-3-11/h2-7,9-10H,8H2,1H3. The number of halogens is 1. The fraction of sp³-hybridized carbons (Fsp3) is 0.250. The molecule has 3 heteroatoms. The fourth-order valence-corrected chi connectivity index (χ4v) is 1.61. The summed E-state index contributed by atoms with van der Waals surface area (Å²) in [7, 11) is 0. The van der Waals surface area contributed by atoms with Crippen LogP contribution in [0.15, 0.2) is 43.0 Å². The van der Waals surface area contributed by atoms with Crippen molar-refractivity contribution in [2.45, 2.75) is 19.4 Å². The quantitative estimate of drug-likeness (QED) is 0.751. The first-order valence-electron chi connectivity index (χ1n) is 4.97. The van der Waals surface area contributed by atoms with E-state index in [1.54, 1.807) is 12.5 Å². The second-order valence-corrected chi connectivity index (χ2v) is 3.71. The van der Waals surface area contributed by atoms with Crippen molar-refractivity contribution in [3.8, 4) is 0 Å². The van der Waals surface area contributed by atoms with E-state index < -0.39 is 0 Å². The molecule has 0 radical (unpaired) electrons. The molecule has 1 atom stereocenters. The molecule has 0 bridgehead atoms. The molecule has 0 fully saturated rings. The van der Waals surface area contributed by atoms with Gasteiger partial charge < -0.3 is 4.57 Å². The Morgan fingerprint density at radius 3 is 2.67 bits per heavy atom. The Balaban J connectivity index is 2.08. The number of imidazole rings is 1. The molecule has 2 nitrogen and oxygen atoms in total. The van der Waals surface area contributed by atoms with Gasteiger partial charge in [0, 0.05) is 18.9 Å². The van der Waals surface area contributed by atoms with Crippen molar-refractivity contribution in [2.24, 2.45) is 0 Å². The van der Waals surface area contributed by atoms with E-state index in [1.165, 1.54) is 12.1 Å². The van der Waals surface area contributed by atoms with Crippen LogP contribution in [0.3, 0.4) is 0 Å². The Kier molecular flexibility index (Phi) is 2.81. The molecule has 0 spiro atoms. The lowest BCUT2D eigenvalue weighted by Crippen LogP contribution is -2.04. The van der Waals surface area contributed by atoms with Crippen molar-refractivity contribution in [3.05, 3.63) is 54.4 Å². The third-order valence-corrected chi connectivity index (χ3v) is 2.48. The van der Waals surface area contributed by atoms with Crippen molar-refractivity contribution in [1.29, 1.82) is 0 Å². The van der Waals surface area contributed by atoms with Crippen LogP contribution < -0.4 is 0 Å². The van der Waals surface area contributed by atoms with Crippen molar-refractivity contribution in [3.63, 3.8) is 0 Å². The van der Waals surface area contributed by atoms with E-state index in [-0.39, 0.29) is 5.82 Å². The van der Waals surface area contributed by atoms with Gasteiger partial charge in [-0.3, -0.25) is 0 Å². The lowest BCUT2D eigenvalue weighted by Gasteiger charge is -2.12. The predicted octanol–water partition coefficient (Wildman–Crippen LogP) is 2.83. The third kappa shape index (κ3) is 2.43. The number of benzene rings is 1. The van der Waals surface area contributed by atoms with Crippen molar-refractivity contribution in [2.75, 3.05) is 0 Å². The summed E-state index contributed by atoms with van der Waals surface area (Å²) in [5, 5.41) is 0. The minimum Gasteiger partial charge on any atom is -0.337 e. The molecule has 1 heterocycles. The fourth-order valence-electron chi connectivity index (χ4n) is 1.61. The summed E-state index contributed by atoms with van der Waals surface area (Å²) in [6.07, 6.45) is 5.48. The van der Waals surface area contributed by atoms with E-state index in [9.17, 15) is 4.39 Å². The summed E-state index contributed by atoms with van der Waals surface area (Å²) in [6, 6.07) is 6.66. The normalized spacial score (nSPS) is 12.7. The molecule has 1 aromatic carbocycles. The van der Waals surface area contributed by atoms with Crippen LogP contribution in [-0.2, 0) is 6.54 Å². The Bertz CT molecular complexity index is 406. The highest BCUT2D eigenvalue weighted by atomic mass is 19.1. The van der Waals surface area contributed by atoms with E-state index >= 15 is 0 Å². The Labute approximate surface area is 88.4 Å². The minimum absolute atomic E-state index is 0.186. The van der Waals surface area contributed by atoms with E-state index in [0.717, 1.165) is 12.1 Å². The SMILES string of the molecule is CC(Cn1ccnc1)c1ccc(F)cc1. The molecule has 1 unspecified atom stereocenters. The van der Waals surface area contributed by atoms with Gasteiger partial charge >= 0.3 is 0 Å². The second-order valence-electron chi connectivity index (χ2n) is 3.71. The van der Waals surface area contributed by atoms with Crippen LogP contribution in [0, 0.1) is 5.82 Å². The van der Waals surface area contributed by atoms with Gasteiger partial charge in [-0.15, -0.1) is 0 Å². The van der Waals surface area contributed by atoms with E-state index in [2.05, 4.69) is 11.9 Å². The first kappa shape index (κ1) is 9.90. The molecule has 0 amide bonds. The van der Waals surface area contributed by atoms with Crippen LogP contribution >= 0.6 is 0 Å². The largest absolute Gasteiger partial charge is 0.337 e. The summed E-state index contributed by atoms with van der Waals surface area (Å²) in [5.74, 6) is 0.174. The van der Waals surface area contributed by atoms with E-state index in [4.69, 9.17) is 0 Å². The van der Waals surface area contributed by atoms with Crippen molar-refractivity contribution in [1.82, 2.24) is 9.55 Å². The number of hydrogen-bond acceptors (Lipinski definition) is 1. The zero-order chi connectivity index (χ0) is 10.7. The average Bonchev–Trinajstić information content (AvgIpc) is 2.71. The van der Waals surface area contributed by atoms with Crippen LogP contribution in [0.2, 0.25) is 0 Å². The molecule has 0 aliphatic carbocycles. The Hall–Kier alpha value is -1.64. The molecule has 0 aliphatic rings. The molecular formula is C12H13FN2. The van der Waals surface area contributed by atoms with Crippen LogP contribution in [0.25, 0.3) is 0 Å². The van der Waals surface area contributed by atoms with E-state index in [0.29, 0.717) is 5.92 Å². The van der Waals surface area contributed by atoms with Gasteiger partial charge in [-0.2, -0.15) is 0 Å². The lowest BCUT2D eigenvalue weighted by atomic mass is 10.0. The predicted molar refractivity (Wildman–Crippen MR) is 57.0 cm³/mol. The highest BCUT2D eigenvalue weighted by Crippen LogP contribution is 2.17. The van der Waals surface area contributed by atoms with Gasteiger partial charge in [-0.05, 0) is 23.6 Å². The number of hydrogen-bond donors (Lipinski definition) is 0. The van der Waals surface area contributed by atoms with Gasteiger partial charge in [0.25, 0.3) is 0 Å². The first-order valence-corrected chi connectivity index (χ1v) is 4.97. The minimum atomic E-state index is -0.186. The molecule has 0 aliphatic heterocycles. The first-order chi connectivity index (χ1) is 7.25. The summed E-state index contributed by atoms with van der Waals surface area (Å²) in [5.41, 5.74) is 1.14. The zero-order valence-electron chi connectivity index (χ0n) is 8.60. The molecule has 2 rings (SSSR count). The monoisotopic (exact) mass is 204 g/mol. The lowest BCUT2D eigenvalue weighted by molar-refractivity contribution is 0.591. The molecule has 78 valence electrons. The van der Waals surface area contributed by atoms with Gasteiger partial charge in [0.2, 0.25) is 0 Å². The van der Waals surface area contributed by atoms with Crippen molar-refractivity contribution >= 4 is 0 Å². The molecule has 1 aromatic heterocycles. The van der Waals surface area contributed by atoms with Gasteiger partial charge in [0.15, 0.2) is 0 Å². The topological polar surface area (TPSA) is 17.8 Å². The Morgan fingerprint density at radius 1 is 1.33 bits per heavy atom. The number of rotatable bonds is 3. The zero-order valence-corrected chi connectivity index (χ0v) is 8.60. The summed E-state index contributed by atoms with van der Waals surface area (Å²) < 4.78 is 14.7. The summed E-state index contributed by atoms with van der Waals surface area (Å²) in [4.78, 5) is 3.99. The van der Waals surface area contributed by atoms with Gasteiger partial charge in [-0.1, -0.05) is 19.1 Å². The van der Waals surface area contributed by atoms with Crippen LogP contribution in [0.4, 0.5) is 4.39 Å². The number of aromatic nitrogens is 2. The molecule has 0 saturated carbocycles. The third-order valence-electron chi connectivity index (χ3n) is 2.48. The average molecular weight is 204 g/mol. The maximum Gasteiger partial charge on any atom is 0.123 e. The van der Waals surface area contributed by atoms with Gasteiger partial charge in [-0.25, -0.2) is 9.37 Å². The highest BCUT2D eigenvalue weighted by Gasteiger charge is 2.05. The van der Waals surface area contributed by atoms with Crippen LogP contribution in [0.5, 0.6) is 0 Å². The summed E-state index contributed by atoms with van der Waals surface area (Å²) in [6.45, 7) is 2.98. The molecular weight excluding hydrogens is 191 g/mol. The van der Waals surface area contributed by atoms with Crippen LogP contribution in [-0.4, -0.2) is 9.55 Å². The highest BCUT2D eigenvalue weighted by molar-refractivity contribution is 5.19. The molecule has 15 heavy (non-hydrogen) atoms. The Morgan fingerprint density at radius 2 is 2.07 bits per heavy atom. The maximum absolute atomic E-state index is 12.7. The maximum atomic E-state index is 12.7. The van der Waals surface area contributed by atoms with E-state index in [1.807, 2.05) is 22.9 Å². The molecule has 0 saturated heterocycles. The number of nitrogens with zero attached hydrogens (tertiary/aromatic N) is 2. The molecule has 0 N–H and O–H groups in total. The van der Waals surface area contributed by atoms with Gasteiger partial charge in [0.1, 0.15) is 5.82 Å². The second kappa shape index (κ2) is 4.26. The smallest absolute Gasteiger partial charge is 0.123 e.